The largest absolute Gasteiger partial charge is 0.397 e. The summed E-state index contributed by atoms with van der Waals surface area (Å²) in [7, 11) is 1.99. The molecule has 1 aromatic carbocycles. The fourth-order valence-electron chi connectivity index (χ4n) is 1.88. The Balaban J connectivity index is 2.28. The van der Waals surface area contributed by atoms with E-state index in [2.05, 4.69) is 4.90 Å². The van der Waals surface area contributed by atoms with Gasteiger partial charge in [-0.15, -0.1) is 0 Å². The van der Waals surface area contributed by atoms with Gasteiger partial charge in [-0.2, -0.15) is 11.8 Å². The van der Waals surface area contributed by atoms with Gasteiger partial charge in [-0.3, -0.25) is 0 Å². The van der Waals surface area contributed by atoms with Crippen LogP contribution in [0.15, 0.2) is 12.1 Å². The van der Waals surface area contributed by atoms with E-state index in [0.29, 0.717) is 15.3 Å². The molecular formula is C11H14FIN2S. The average molecular weight is 352 g/mol. The Morgan fingerprint density at radius 3 is 2.94 bits per heavy atom. The second kappa shape index (κ2) is 5.00. The van der Waals surface area contributed by atoms with Crippen LogP contribution in [0.5, 0.6) is 0 Å². The van der Waals surface area contributed by atoms with Crippen molar-refractivity contribution in [2.75, 3.05) is 29.2 Å². The molecule has 16 heavy (non-hydrogen) atoms. The van der Waals surface area contributed by atoms with Crippen molar-refractivity contribution in [2.24, 2.45) is 0 Å². The Hall–Kier alpha value is -0.170. The quantitative estimate of drug-likeness (QED) is 0.656. The summed E-state index contributed by atoms with van der Waals surface area (Å²) >= 11 is 3.90. The van der Waals surface area contributed by atoms with Crippen LogP contribution in [0.4, 0.5) is 15.8 Å². The number of nitrogens with two attached hydrogens (primary N) is 1. The molecule has 0 aliphatic carbocycles. The molecule has 5 heteroatoms. The van der Waals surface area contributed by atoms with Crippen LogP contribution in [0.1, 0.15) is 6.42 Å². The lowest BCUT2D eigenvalue weighted by Gasteiger charge is -2.27. The lowest BCUT2D eigenvalue weighted by Crippen LogP contribution is -2.32. The molecule has 2 rings (SSSR count). The number of hydrogen-bond donors (Lipinski definition) is 1. The monoisotopic (exact) mass is 352 g/mol. The van der Waals surface area contributed by atoms with Crippen molar-refractivity contribution in [1.82, 2.24) is 0 Å². The van der Waals surface area contributed by atoms with Crippen LogP contribution in [0.25, 0.3) is 0 Å². The first kappa shape index (κ1) is 12.3. The molecule has 1 fully saturated rings. The Morgan fingerprint density at radius 1 is 1.56 bits per heavy atom. The summed E-state index contributed by atoms with van der Waals surface area (Å²) in [4.78, 5) is 2.11. The molecular weight excluding hydrogens is 338 g/mol. The van der Waals surface area contributed by atoms with Crippen LogP contribution in [-0.4, -0.2) is 24.6 Å². The molecule has 1 unspecified atom stereocenters. The van der Waals surface area contributed by atoms with Crippen molar-refractivity contribution in [3.05, 3.63) is 21.5 Å². The molecule has 0 saturated carbocycles. The molecule has 0 spiro atoms. The van der Waals surface area contributed by atoms with Gasteiger partial charge in [0.15, 0.2) is 0 Å². The molecule has 1 heterocycles. The van der Waals surface area contributed by atoms with Gasteiger partial charge in [0.25, 0.3) is 0 Å². The minimum Gasteiger partial charge on any atom is -0.397 e. The topological polar surface area (TPSA) is 29.3 Å². The van der Waals surface area contributed by atoms with Crippen molar-refractivity contribution >= 4 is 45.7 Å². The summed E-state index contributed by atoms with van der Waals surface area (Å²) in [5.41, 5.74) is 7.41. The predicted octanol–water partition coefficient (Wildman–Crippen LogP) is 2.95. The summed E-state index contributed by atoms with van der Waals surface area (Å²) in [6, 6.07) is 3.72. The molecule has 2 N–H and O–H groups in total. The van der Waals surface area contributed by atoms with Crippen LogP contribution in [0, 0.1) is 9.39 Å². The standard InChI is InChI=1S/C11H14FIN2S/c1-15(7-2-3-16-6-7)11-4-8(12)9(13)5-10(11)14/h4-5,7H,2-3,6,14H2,1H3. The Morgan fingerprint density at radius 2 is 2.31 bits per heavy atom. The van der Waals surface area contributed by atoms with E-state index in [1.807, 2.05) is 41.4 Å². The highest BCUT2D eigenvalue weighted by molar-refractivity contribution is 14.1. The van der Waals surface area contributed by atoms with Crippen LogP contribution in [-0.2, 0) is 0 Å². The van der Waals surface area contributed by atoms with Gasteiger partial charge in [0.1, 0.15) is 5.82 Å². The number of hydrogen-bond acceptors (Lipinski definition) is 3. The van der Waals surface area contributed by atoms with Gasteiger partial charge in [-0.05, 0) is 40.8 Å². The first-order valence-electron chi connectivity index (χ1n) is 5.14. The zero-order valence-electron chi connectivity index (χ0n) is 9.04. The van der Waals surface area contributed by atoms with Crippen molar-refractivity contribution in [3.8, 4) is 0 Å². The van der Waals surface area contributed by atoms with E-state index in [-0.39, 0.29) is 5.82 Å². The summed E-state index contributed by atoms with van der Waals surface area (Å²) < 4.78 is 14.1. The molecule has 0 bridgehead atoms. The number of halogens is 2. The maximum absolute atomic E-state index is 13.5. The second-order valence-corrected chi connectivity index (χ2v) is 6.27. The Kier molecular flexibility index (Phi) is 3.84. The van der Waals surface area contributed by atoms with E-state index in [0.717, 1.165) is 17.9 Å². The smallest absolute Gasteiger partial charge is 0.138 e. The summed E-state index contributed by atoms with van der Waals surface area (Å²) in [6.45, 7) is 0. The molecule has 2 nitrogen and oxygen atoms in total. The minimum atomic E-state index is -0.192. The summed E-state index contributed by atoms with van der Waals surface area (Å²) in [5, 5.41) is 0. The molecule has 88 valence electrons. The SMILES string of the molecule is CN(c1cc(F)c(I)cc1N)C1CCSC1. The molecule has 1 aliphatic heterocycles. The number of rotatable bonds is 2. The molecule has 0 amide bonds. The zero-order chi connectivity index (χ0) is 11.7. The summed E-state index contributed by atoms with van der Waals surface area (Å²) in [5.74, 6) is 2.09. The van der Waals surface area contributed by atoms with Crippen molar-refractivity contribution in [2.45, 2.75) is 12.5 Å². The van der Waals surface area contributed by atoms with Crippen LogP contribution in [0.3, 0.4) is 0 Å². The lowest BCUT2D eigenvalue weighted by atomic mass is 10.2. The number of nitrogen functional groups attached to an aromatic ring is 1. The van der Waals surface area contributed by atoms with Gasteiger partial charge < -0.3 is 10.6 Å². The predicted molar refractivity (Wildman–Crippen MR) is 77.7 cm³/mol. The molecule has 1 aliphatic rings. The first-order chi connectivity index (χ1) is 7.59. The maximum atomic E-state index is 13.5. The number of anilines is 2. The van der Waals surface area contributed by atoms with Gasteiger partial charge in [-0.1, -0.05) is 0 Å². The van der Waals surface area contributed by atoms with Gasteiger partial charge in [0.05, 0.1) is 14.9 Å². The lowest BCUT2D eigenvalue weighted by molar-refractivity contribution is 0.617. The van der Waals surface area contributed by atoms with Gasteiger partial charge >= 0.3 is 0 Å². The van der Waals surface area contributed by atoms with E-state index in [9.17, 15) is 4.39 Å². The fourth-order valence-corrected chi connectivity index (χ4v) is 3.64. The number of thioether (sulfide) groups is 1. The van der Waals surface area contributed by atoms with Crippen LogP contribution < -0.4 is 10.6 Å². The first-order valence-corrected chi connectivity index (χ1v) is 7.38. The van der Waals surface area contributed by atoms with Crippen molar-refractivity contribution < 1.29 is 4.39 Å². The highest BCUT2D eigenvalue weighted by Gasteiger charge is 2.22. The van der Waals surface area contributed by atoms with Gasteiger partial charge in [0.2, 0.25) is 0 Å². The van der Waals surface area contributed by atoms with Crippen molar-refractivity contribution in [3.63, 3.8) is 0 Å². The Bertz CT molecular complexity index is 394. The van der Waals surface area contributed by atoms with E-state index >= 15 is 0 Å². The van der Waals surface area contributed by atoms with E-state index < -0.39 is 0 Å². The maximum Gasteiger partial charge on any atom is 0.138 e. The third kappa shape index (κ3) is 2.40. The number of nitrogens with zero attached hydrogens (tertiary/aromatic N) is 1. The second-order valence-electron chi connectivity index (χ2n) is 3.95. The fraction of sp³-hybridized carbons (Fsp3) is 0.455. The van der Waals surface area contributed by atoms with E-state index in [4.69, 9.17) is 5.73 Å². The minimum absolute atomic E-state index is 0.192. The van der Waals surface area contributed by atoms with Crippen LogP contribution in [0.2, 0.25) is 0 Å². The van der Waals surface area contributed by atoms with Crippen LogP contribution >= 0.6 is 34.4 Å². The highest BCUT2D eigenvalue weighted by atomic mass is 127. The van der Waals surface area contributed by atoms with E-state index in [1.165, 1.54) is 5.75 Å². The third-order valence-electron chi connectivity index (χ3n) is 2.90. The van der Waals surface area contributed by atoms with E-state index in [1.54, 1.807) is 12.1 Å². The molecule has 1 aromatic rings. The number of benzene rings is 1. The Labute approximate surface area is 113 Å². The molecule has 0 aromatic heterocycles. The van der Waals surface area contributed by atoms with Crippen molar-refractivity contribution in [1.29, 1.82) is 0 Å². The molecule has 1 atom stereocenters. The third-order valence-corrected chi connectivity index (χ3v) is 4.87. The average Bonchev–Trinajstić information content (AvgIpc) is 2.75. The molecule has 1 saturated heterocycles. The molecule has 0 radical (unpaired) electrons. The normalized spacial score (nSPS) is 20.1. The summed E-state index contributed by atoms with van der Waals surface area (Å²) in [6.07, 6.45) is 1.15. The zero-order valence-corrected chi connectivity index (χ0v) is 12.0. The van der Waals surface area contributed by atoms with Gasteiger partial charge in [-0.25, -0.2) is 4.39 Å². The van der Waals surface area contributed by atoms with Gasteiger partial charge in [0, 0.05) is 24.9 Å². The highest BCUT2D eigenvalue weighted by Crippen LogP contribution is 2.31.